The first-order chi connectivity index (χ1) is 18.9. The molecular weight excluding hydrogens is 546 g/mol. The Balaban J connectivity index is 2.10. The van der Waals surface area contributed by atoms with Gasteiger partial charge in [0.05, 0.1) is 11.9 Å². The lowest BCUT2D eigenvalue weighted by Crippen LogP contribution is -2.54. The molecule has 0 heterocycles. The van der Waals surface area contributed by atoms with Crippen molar-refractivity contribution in [3.05, 3.63) is 101 Å². The van der Waals surface area contributed by atoms with Crippen LogP contribution in [0, 0.1) is 0 Å². The fourth-order valence-corrected chi connectivity index (χ4v) is 5.61. The van der Waals surface area contributed by atoms with E-state index in [1.165, 1.54) is 4.90 Å². The highest BCUT2D eigenvalue weighted by Crippen LogP contribution is 2.29. The second-order valence-electron chi connectivity index (χ2n) is 10.5. The van der Waals surface area contributed by atoms with E-state index in [9.17, 15) is 18.0 Å². The van der Waals surface area contributed by atoms with Crippen LogP contribution in [0.4, 0.5) is 5.69 Å². The SMILES string of the molecule is CC(C)NC(=O)C(Cc1ccccc1)N(Cc1ccccc1Cl)C(=O)CN(c1ccccc1C(C)C)S(C)(=O)=O. The number of rotatable bonds is 12. The Morgan fingerprint density at radius 2 is 1.48 bits per heavy atom. The minimum absolute atomic E-state index is 0.0254. The number of benzene rings is 3. The van der Waals surface area contributed by atoms with E-state index in [2.05, 4.69) is 5.32 Å². The van der Waals surface area contributed by atoms with Gasteiger partial charge in [0.15, 0.2) is 0 Å². The van der Waals surface area contributed by atoms with E-state index in [0.717, 1.165) is 21.7 Å². The molecule has 3 rings (SSSR count). The second-order valence-corrected chi connectivity index (χ2v) is 12.8. The van der Waals surface area contributed by atoms with Gasteiger partial charge in [0.1, 0.15) is 12.6 Å². The molecule has 0 spiro atoms. The van der Waals surface area contributed by atoms with Crippen LogP contribution in [0.2, 0.25) is 5.02 Å². The van der Waals surface area contributed by atoms with Crippen molar-refractivity contribution in [2.45, 2.75) is 58.7 Å². The lowest BCUT2D eigenvalue weighted by molar-refractivity contribution is -0.140. The molecule has 0 aliphatic heterocycles. The Bertz CT molecular complexity index is 1410. The van der Waals surface area contributed by atoms with E-state index in [1.807, 2.05) is 76.2 Å². The summed E-state index contributed by atoms with van der Waals surface area (Å²) in [5.74, 6) is -0.811. The molecule has 2 amide bonds. The Morgan fingerprint density at radius 3 is 2.08 bits per heavy atom. The van der Waals surface area contributed by atoms with Crippen LogP contribution in [-0.4, -0.2) is 50.0 Å². The van der Waals surface area contributed by atoms with Crippen molar-refractivity contribution in [3.8, 4) is 0 Å². The third-order valence-corrected chi connectivity index (χ3v) is 8.00. The van der Waals surface area contributed by atoms with Gasteiger partial charge in [-0.05, 0) is 48.6 Å². The third-order valence-electron chi connectivity index (χ3n) is 6.51. The summed E-state index contributed by atoms with van der Waals surface area (Å²) in [6, 6.07) is 22.6. The van der Waals surface area contributed by atoms with Gasteiger partial charge in [-0.1, -0.05) is 92.2 Å². The number of carbonyl (C=O) groups excluding carboxylic acids is 2. The molecular formula is C31H38ClN3O4S. The van der Waals surface area contributed by atoms with Gasteiger partial charge in [-0.25, -0.2) is 8.42 Å². The predicted molar refractivity (Wildman–Crippen MR) is 162 cm³/mol. The van der Waals surface area contributed by atoms with Crippen LogP contribution in [0.1, 0.15) is 50.3 Å². The molecule has 7 nitrogen and oxygen atoms in total. The molecule has 0 aliphatic rings. The number of amides is 2. The van der Waals surface area contributed by atoms with Crippen molar-refractivity contribution in [2.24, 2.45) is 0 Å². The van der Waals surface area contributed by atoms with Gasteiger partial charge in [-0.2, -0.15) is 0 Å². The Morgan fingerprint density at radius 1 is 0.875 bits per heavy atom. The van der Waals surface area contributed by atoms with Crippen molar-refractivity contribution >= 4 is 39.1 Å². The minimum Gasteiger partial charge on any atom is -0.352 e. The van der Waals surface area contributed by atoms with Gasteiger partial charge in [0.2, 0.25) is 21.8 Å². The summed E-state index contributed by atoms with van der Waals surface area (Å²) >= 11 is 6.49. The van der Waals surface area contributed by atoms with Gasteiger partial charge in [-0.3, -0.25) is 13.9 Å². The molecule has 40 heavy (non-hydrogen) atoms. The average molecular weight is 584 g/mol. The number of para-hydroxylation sites is 1. The lowest BCUT2D eigenvalue weighted by atomic mass is 10.0. The van der Waals surface area contributed by atoms with Crippen molar-refractivity contribution in [3.63, 3.8) is 0 Å². The van der Waals surface area contributed by atoms with Gasteiger partial charge in [0.25, 0.3) is 0 Å². The van der Waals surface area contributed by atoms with Crippen LogP contribution >= 0.6 is 11.6 Å². The van der Waals surface area contributed by atoms with Gasteiger partial charge < -0.3 is 10.2 Å². The Hall–Kier alpha value is -3.36. The Labute approximate surface area is 243 Å². The molecule has 1 unspecified atom stereocenters. The van der Waals surface area contributed by atoms with E-state index in [-0.39, 0.29) is 30.8 Å². The number of sulfonamides is 1. The first kappa shape index (κ1) is 31.2. The smallest absolute Gasteiger partial charge is 0.244 e. The number of hydrogen-bond donors (Lipinski definition) is 1. The molecule has 0 fully saturated rings. The lowest BCUT2D eigenvalue weighted by Gasteiger charge is -2.34. The third kappa shape index (κ3) is 8.32. The van der Waals surface area contributed by atoms with Crippen molar-refractivity contribution in [1.82, 2.24) is 10.2 Å². The van der Waals surface area contributed by atoms with Crippen LogP contribution in [0.25, 0.3) is 0 Å². The average Bonchev–Trinajstić information content (AvgIpc) is 2.89. The molecule has 0 aromatic heterocycles. The number of nitrogens with one attached hydrogen (secondary N) is 1. The number of halogens is 1. The number of carbonyl (C=O) groups is 2. The maximum absolute atomic E-state index is 14.2. The van der Waals surface area contributed by atoms with Gasteiger partial charge in [0, 0.05) is 24.0 Å². The molecule has 3 aromatic carbocycles. The zero-order valence-electron chi connectivity index (χ0n) is 23.7. The first-order valence-corrected chi connectivity index (χ1v) is 15.5. The quantitative estimate of drug-likeness (QED) is 0.309. The van der Waals surface area contributed by atoms with E-state index in [4.69, 9.17) is 11.6 Å². The minimum atomic E-state index is -3.85. The normalized spacial score (nSPS) is 12.3. The van der Waals surface area contributed by atoms with E-state index in [0.29, 0.717) is 16.3 Å². The monoisotopic (exact) mass is 583 g/mol. The number of hydrogen-bond acceptors (Lipinski definition) is 4. The molecule has 3 aromatic rings. The summed E-state index contributed by atoms with van der Waals surface area (Å²) in [7, 11) is -3.85. The topological polar surface area (TPSA) is 86.8 Å². The molecule has 0 radical (unpaired) electrons. The van der Waals surface area contributed by atoms with Crippen LogP contribution in [-0.2, 0) is 32.6 Å². The highest BCUT2D eigenvalue weighted by Gasteiger charge is 2.34. The number of anilines is 1. The van der Waals surface area contributed by atoms with E-state index >= 15 is 0 Å². The highest BCUT2D eigenvalue weighted by atomic mass is 35.5. The van der Waals surface area contributed by atoms with Crippen molar-refractivity contribution in [1.29, 1.82) is 0 Å². The van der Waals surface area contributed by atoms with Crippen molar-refractivity contribution in [2.75, 3.05) is 17.1 Å². The molecule has 0 bridgehead atoms. The molecule has 9 heteroatoms. The van der Waals surface area contributed by atoms with Gasteiger partial charge >= 0.3 is 0 Å². The van der Waals surface area contributed by atoms with Gasteiger partial charge in [-0.15, -0.1) is 0 Å². The summed E-state index contributed by atoms with van der Waals surface area (Å²) in [5, 5.41) is 3.39. The standard InChI is InChI=1S/C31H38ClN3O4S/c1-22(2)26-16-10-12-18-28(26)35(40(5,38)39)21-30(36)34(20-25-15-9-11-17-27(25)32)29(31(37)33-23(3)4)19-24-13-7-6-8-14-24/h6-18,22-23,29H,19-21H2,1-5H3,(H,33,37). The maximum Gasteiger partial charge on any atom is 0.244 e. The summed E-state index contributed by atoms with van der Waals surface area (Å²) in [6.45, 7) is 7.21. The zero-order chi connectivity index (χ0) is 29.4. The maximum atomic E-state index is 14.2. The largest absolute Gasteiger partial charge is 0.352 e. The fraction of sp³-hybridized carbons (Fsp3) is 0.355. The predicted octanol–water partition coefficient (Wildman–Crippen LogP) is 5.39. The molecule has 214 valence electrons. The molecule has 1 N–H and O–H groups in total. The molecule has 0 aliphatic carbocycles. The Kier molecular flexibility index (Phi) is 10.8. The molecule has 0 saturated heterocycles. The summed E-state index contributed by atoms with van der Waals surface area (Å²) < 4.78 is 27.3. The summed E-state index contributed by atoms with van der Waals surface area (Å²) in [4.78, 5) is 29.2. The van der Waals surface area contributed by atoms with Crippen LogP contribution in [0.15, 0.2) is 78.9 Å². The van der Waals surface area contributed by atoms with E-state index in [1.54, 1.807) is 30.3 Å². The van der Waals surface area contributed by atoms with Crippen LogP contribution in [0.5, 0.6) is 0 Å². The van der Waals surface area contributed by atoms with Crippen LogP contribution < -0.4 is 9.62 Å². The zero-order valence-corrected chi connectivity index (χ0v) is 25.2. The molecule has 1 atom stereocenters. The fourth-order valence-electron chi connectivity index (χ4n) is 4.54. The first-order valence-electron chi connectivity index (χ1n) is 13.3. The second kappa shape index (κ2) is 13.8. The molecule has 0 saturated carbocycles. The summed E-state index contributed by atoms with van der Waals surface area (Å²) in [6.07, 6.45) is 1.33. The van der Waals surface area contributed by atoms with E-state index < -0.39 is 28.5 Å². The number of nitrogens with zero attached hydrogens (tertiary/aromatic N) is 2. The highest BCUT2D eigenvalue weighted by molar-refractivity contribution is 7.92. The van der Waals surface area contributed by atoms with Crippen molar-refractivity contribution < 1.29 is 18.0 Å². The van der Waals surface area contributed by atoms with Crippen LogP contribution in [0.3, 0.4) is 0 Å². The summed E-state index contributed by atoms with van der Waals surface area (Å²) in [5.41, 5.74) is 2.77.